The van der Waals surface area contributed by atoms with Gasteiger partial charge in [-0.2, -0.15) is 0 Å². The van der Waals surface area contributed by atoms with E-state index < -0.39 is 17.5 Å². The van der Waals surface area contributed by atoms with Gasteiger partial charge >= 0.3 is 0 Å². The first-order valence-corrected chi connectivity index (χ1v) is 12.9. The molecule has 0 bridgehead atoms. The predicted octanol–water partition coefficient (Wildman–Crippen LogP) is 9.49. The molecule has 0 aromatic heterocycles. The lowest BCUT2D eigenvalue weighted by Crippen LogP contribution is -2.18. The van der Waals surface area contributed by atoms with Gasteiger partial charge in [-0.05, 0) is 86.3 Å². The summed E-state index contributed by atoms with van der Waals surface area (Å²) in [5.41, 5.74) is 0.633. The molecule has 174 valence electrons. The average Bonchev–Trinajstić information content (AvgIpc) is 2.79. The number of benzene rings is 1. The van der Waals surface area contributed by atoms with Crippen LogP contribution < -0.4 is 0 Å². The molecule has 0 atom stereocenters. The Labute approximate surface area is 187 Å². The van der Waals surface area contributed by atoms with Gasteiger partial charge in [-0.1, -0.05) is 70.4 Å². The van der Waals surface area contributed by atoms with E-state index in [4.69, 9.17) is 0 Å². The van der Waals surface area contributed by atoms with Crippen molar-refractivity contribution < 1.29 is 13.2 Å². The van der Waals surface area contributed by atoms with Crippen molar-refractivity contribution in [1.82, 2.24) is 0 Å². The largest absolute Gasteiger partial charge is 0.204 e. The van der Waals surface area contributed by atoms with Crippen LogP contribution in [0.5, 0.6) is 0 Å². The fraction of sp³-hybridized carbons (Fsp3) is 0.714. The highest BCUT2D eigenvalue weighted by Gasteiger charge is 2.26. The van der Waals surface area contributed by atoms with Crippen LogP contribution in [0.15, 0.2) is 24.3 Å². The summed E-state index contributed by atoms with van der Waals surface area (Å²) >= 11 is 0. The first-order valence-electron chi connectivity index (χ1n) is 12.9. The smallest absolute Gasteiger partial charge is 0.194 e. The summed E-state index contributed by atoms with van der Waals surface area (Å²) < 4.78 is 40.3. The van der Waals surface area contributed by atoms with Crippen molar-refractivity contribution in [3.63, 3.8) is 0 Å². The molecule has 0 aliphatic heterocycles. The fourth-order valence-corrected chi connectivity index (χ4v) is 5.80. The van der Waals surface area contributed by atoms with E-state index in [-0.39, 0.29) is 5.92 Å². The minimum absolute atomic E-state index is 0.174. The van der Waals surface area contributed by atoms with Crippen LogP contribution >= 0.6 is 0 Å². The van der Waals surface area contributed by atoms with Gasteiger partial charge in [0, 0.05) is 0 Å². The Kier molecular flexibility index (Phi) is 9.99. The molecule has 0 spiro atoms. The lowest BCUT2D eigenvalue weighted by atomic mass is 9.74. The van der Waals surface area contributed by atoms with Crippen molar-refractivity contribution in [2.45, 2.75) is 109 Å². The first-order chi connectivity index (χ1) is 15.1. The van der Waals surface area contributed by atoms with Crippen LogP contribution in [0.4, 0.5) is 13.2 Å². The van der Waals surface area contributed by atoms with Crippen molar-refractivity contribution in [3.8, 4) is 0 Å². The van der Waals surface area contributed by atoms with E-state index in [1.807, 2.05) is 0 Å². The van der Waals surface area contributed by atoms with E-state index in [0.717, 1.165) is 43.4 Å². The minimum atomic E-state index is -1.35. The van der Waals surface area contributed by atoms with Crippen LogP contribution in [0.3, 0.4) is 0 Å². The number of hydrogen-bond acceptors (Lipinski definition) is 0. The Bertz CT molecular complexity index is 656. The summed E-state index contributed by atoms with van der Waals surface area (Å²) in [6, 6.07) is 2.40. The van der Waals surface area contributed by atoms with Crippen molar-refractivity contribution in [3.05, 3.63) is 47.3 Å². The van der Waals surface area contributed by atoms with Gasteiger partial charge in [0.1, 0.15) is 0 Å². The Morgan fingerprint density at radius 2 is 1.19 bits per heavy atom. The molecule has 0 saturated heterocycles. The SMILES string of the molecule is CCC/C=C/CCCC1CCC(CCC2CCC(c3cc(F)c(F)c(F)c3)CC2)CC1. The molecule has 0 heterocycles. The molecular weight excluding hydrogens is 393 g/mol. The molecular formula is C28H41F3. The summed E-state index contributed by atoms with van der Waals surface area (Å²) in [4.78, 5) is 0. The number of rotatable bonds is 10. The van der Waals surface area contributed by atoms with Crippen molar-refractivity contribution in [2.24, 2.45) is 17.8 Å². The summed E-state index contributed by atoms with van der Waals surface area (Å²) in [6.45, 7) is 2.23. The minimum Gasteiger partial charge on any atom is -0.204 e. The van der Waals surface area contributed by atoms with Crippen molar-refractivity contribution in [1.29, 1.82) is 0 Å². The quantitative estimate of drug-likeness (QED) is 0.195. The normalized spacial score (nSPS) is 27.1. The Hall–Kier alpha value is -1.25. The molecule has 2 saturated carbocycles. The number of allylic oxidation sites excluding steroid dienone is 2. The molecule has 3 heteroatoms. The van der Waals surface area contributed by atoms with Gasteiger partial charge in [0.15, 0.2) is 17.5 Å². The Balaban J connectivity index is 1.29. The maximum Gasteiger partial charge on any atom is 0.194 e. The maximum absolute atomic E-state index is 13.5. The molecule has 0 N–H and O–H groups in total. The highest BCUT2D eigenvalue weighted by atomic mass is 19.2. The molecule has 0 amide bonds. The van der Waals surface area contributed by atoms with E-state index in [9.17, 15) is 13.2 Å². The third kappa shape index (κ3) is 7.68. The highest BCUT2D eigenvalue weighted by molar-refractivity contribution is 5.23. The third-order valence-corrected chi connectivity index (χ3v) is 7.88. The summed E-state index contributed by atoms with van der Waals surface area (Å²) in [5, 5.41) is 0. The van der Waals surface area contributed by atoms with Crippen LogP contribution in [0, 0.1) is 35.2 Å². The third-order valence-electron chi connectivity index (χ3n) is 7.88. The molecule has 3 rings (SSSR count). The number of halogens is 3. The summed E-state index contributed by atoms with van der Waals surface area (Å²) in [5.74, 6) is -0.689. The zero-order chi connectivity index (χ0) is 22.1. The predicted molar refractivity (Wildman–Crippen MR) is 124 cm³/mol. The molecule has 2 aliphatic carbocycles. The number of unbranched alkanes of at least 4 members (excludes halogenated alkanes) is 2. The van der Waals surface area contributed by atoms with Crippen LogP contribution in [0.2, 0.25) is 0 Å². The number of hydrogen-bond donors (Lipinski definition) is 0. The molecule has 31 heavy (non-hydrogen) atoms. The zero-order valence-corrected chi connectivity index (χ0v) is 19.4. The van der Waals surface area contributed by atoms with E-state index >= 15 is 0 Å². The second kappa shape index (κ2) is 12.7. The van der Waals surface area contributed by atoms with Crippen LogP contribution in [0.1, 0.15) is 115 Å². The molecule has 0 nitrogen and oxygen atoms in total. The zero-order valence-electron chi connectivity index (χ0n) is 19.4. The summed E-state index contributed by atoms with van der Waals surface area (Å²) in [6.07, 6.45) is 23.6. The average molecular weight is 435 g/mol. The Morgan fingerprint density at radius 1 is 0.710 bits per heavy atom. The summed E-state index contributed by atoms with van der Waals surface area (Å²) in [7, 11) is 0. The molecule has 1 aromatic carbocycles. The van der Waals surface area contributed by atoms with E-state index in [1.165, 1.54) is 82.8 Å². The first kappa shape index (κ1) is 24.4. The van der Waals surface area contributed by atoms with Gasteiger partial charge in [-0.3, -0.25) is 0 Å². The van der Waals surface area contributed by atoms with Gasteiger partial charge < -0.3 is 0 Å². The maximum atomic E-state index is 13.5. The van der Waals surface area contributed by atoms with Gasteiger partial charge in [0.2, 0.25) is 0 Å². The van der Waals surface area contributed by atoms with E-state index in [2.05, 4.69) is 19.1 Å². The molecule has 2 fully saturated rings. The highest BCUT2D eigenvalue weighted by Crippen LogP contribution is 2.40. The molecule has 0 unspecified atom stereocenters. The molecule has 1 aromatic rings. The standard InChI is InChI=1S/C28H41F3/c1-2-3-4-5-6-7-8-21-9-11-22(12-10-21)13-14-23-15-17-24(18-16-23)25-19-26(29)28(31)27(30)20-25/h4-5,19-24H,2-3,6-18H2,1H3/b5-4+. The van der Waals surface area contributed by atoms with Crippen molar-refractivity contribution in [2.75, 3.05) is 0 Å². The van der Waals surface area contributed by atoms with Crippen LogP contribution in [0.25, 0.3) is 0 Å². The molecule has 0 radical (unpaired) electrons. The topological polar surface area (TPSA) is 0 Å². The fourth-order valence-electron chi connectivity index (χ4n) is 5.80. The van der Waals surface area contributed by atoms with Crippen LogP contribution in [-0.2, 0) is 0 Å². The lowest BCUT2D eigenvalue weighted by Gasteiger charge is -2.32. The van der Waals surface area contributed by atoms with Gasteiger partial charge in [0.05, 0.1) is 0 Å². The lowest BCUT2D eigenvalue weighted by molar-refractivity contribution is 0.223. The van der Waals surface area contributed by atoms with Gasteiger partial charge in [0.25, 0.3) is 0 Å². The monoisotopic (exact) mass is 434 g/mol. The second-order valence-corrected chi connectivity index (χ2v) is 10.2. The van der Waals surface area contributed by atoms with Crippen molar-refractivity contribution >= 4 is 0 Å². The van der Waals surface area contributed by atoms with E-state index in [1.54, 1.807) is 0 Å². The second-order valence-electron chi connectivity index (χ2n) is 10.2. The van der Waals surface area contributed by atoms with Gasteiger partial charge in [-0.15, -0.1) is 0 Å². The Morgan fingerprint density at radius 3 is 1.74 bits per heavy atom. The molecule has 2 aliphatic rings. The van der Waals surface area contributed by atoms with E-state index in [0.29, 0.717) is 5.56 Å². The van der Waals surface area contributed by atoms with Gasteiger partial charge in [-0.25, -0.2) is 13.2 Å². The van der Waals surface area contributed by atoms with Crippen LogP contribution in [-0.4, -0.2) is 0 Å².